The lowest BCUT2D eigenvalue weighted by Gasteiger charge is -2.11. The summed E-state index contributed by atoms with van der Waals surface area (Å²) in [6, 6.07) is 18.5. The summed E-state index contributed by atoms with van der Waals surface area (Å²) >= 11 is 0. The van der Waals surface area contributed by atoms with Gasteiger partial charge in [0.1, 0.15) is 0 Å². The molecule has 2 rings (SSSR count). The average molecular weight is 230 g/mol. The molecule has 2 heteroatoms. The summed E-state index contributed by atoms with van der Waals surface area (Å²) < 4.78 is 0. The maximum atomic E-state index is 9.28. The summed E-state index contributed by atoms with van der Waals surface area (Å²) in [7, 11) is 0. The second-order valence-corrected chi connectivity index (χ2v) is 3.71. The summed E-state index contributed by atoms with van der Waals surface area (Å²) in [5.74, 6) is 4.25. The topological polar surface area (TPSA) is 44.6 Å². The molecule has 2 aromatic carbocycles. The molecule has 0 fully saturated rings. The predicted molar refractivity (Wildman–Crippen MR) is 76.4 cm³/mol. The first-order valence-electron chi connectivity index (χ1n) is 5.52. The van der Waals surface area contributed by atoms with E-state index < -0.39 is 0 Å². The second kappa shape index (κ2) is 5.60. The summed E-state index contributed by atoms with van der Waals surface area (Å²) in [5, 5.41) is 18.6. The number of hydrogen-bond acceptors (Lipinski definition) is 0. The van der Waals surface area contributed by atoms with Crippen LogP contribution < -0.4 is 0 Å². The van der Waals surface area contributed by atoms with Crippen molar-refractivity contribution < 1.29 is 0 Å². The molecule has 0 aliphatic rings. The van der Waals surface area contributed by atoms with E-state index in [-0.39, 0.29) is 0 Å². The molecule has 0 saturated heterocycles. The van der Waals surface area contributed by atoms with Gasteiger partial charge in [-0.1, -0.05) is 60.7 Å². The fraction of sp³-hybridized carbons (Fsp3) is 0. The molecule has 0 aliphatic carbocycles. The van der Waals surface area contributed by atoms with Gasteiger partial charge in [-0.3, -0.25) is 11.7 Å². The van der Waals surface area contributed by atoms with Crippen molar-refractivity contribution >= 4 is 22.9 Å². The van der Waals surface area contributed by atoms with E-state index in [4.69, 9.17) is 0 Å². The van der Waals surface area contributed by atoms with Gasteiger partial charge in [0.2, 0.25) is 0 Å². The van der Waals surface area contributed by atoms with Crippen LogP contribution in [-0.4, -0.2) is 11.7 Å². The Bertz CT molecular complexity index is 570. The van der Waals surface area contributed by atoms with Crippen LogP contribution >= 0.6 is 0 Å². The minimum Gasteiger partial charge on any atom is -0.763 e. The van der Waals surface area contributed by atoms with Crippen molar-refractivity contribution in [1.82, 2.24) is 0 Å². The van der Waals surface area contributed by atoms with Gasteiger partial charge >= 0.3 is 0 Å². The molecule has 18 heavy (non-hydrogen) atoms. The van der Waals surface area contributed by atoms with Crippen LogP contribution in [0, 0.1) is 0 Å². The summed E-state index contributed by atoms with van der Waals surface area (Å²) in [6.07, 6.45) is 0. The number of benzene rings is 2. The van der Waals surface area contributed by atoms with E-state index in [9.17, 15) is 10.8 Å². The molecule has 0 radical (unpaired) electrons. The van der Waals surface area contributed by atoms with E-state index in [0.717, 1.165) is 11.1 Å². The molecule has 0 amide bonds. The first kappa shape index (κ1) is 11.8. The van der Waals surface area contributed by atoms with Crippen LogP contribution in [0.4, 0.5) is 0 Å². The number of hydrogen-bond donors (Lipinski definition) is 0. The van der Waals surface area contributed by atoms with Crippen molar-refractivity contribution in [3.05, 3.63) is 82.6 Å². The Hall–Kier alpha value is -2.66. The van der Waals surface area contributed by atoms with Crippen molar-refractivity contribution in [2.45, 2.75) is 0 Å². The van der Waals surface area contributed by atoms with Gasteiger partial charge in [0, 0.05) is 11.1 Å². The normalized spacial score (nSPS) is 9.11. The Kier molecular flexibility index (Phi) is 3.68. The Morgan fingerprint density at radius 2 is 0.944 bits per heavy atom. The molecule has 2 nitrogen and oxygen atoms in total. The highest BCUT2D eigenvalue weighted by Gasteiger charge is 2.06. The van der Waals surface area contributed by atoms with Gasteiger partial charge in [0.25, 0.3) is 0 Å². The van der Waals surface area contributed by atoms with E-state index in [1.54, 1.807) is 0 Å². The molecule has 0 heterocycles. The number of allylic oxidation sites excluding steroid dienone is 2. The van der Waals surface area contributed by atoms with Crippen molar-refractivity contribution in [1.29, 1.82) is 0 Å². The van der Waals surface area contributed by atoms with Gasteiger partial charge in [0.15, 0.2) is 0 Å². The summed E-state index contributed by atoms with van der Waals surface area (Å²) in [6.45, 7) is 0. The molecule has 0 unspecified atom stereocenters. The Morgan fingerprint density at radius 3 is 1.22 bits per heavy atom. The fourth-order valence-corrected chi connectivity index (χ4v) is 1.74. The first-order valence-corrected chi connectivity index (χ1v) is 5.52. The molecule has 0 spiro atoms. The maximum absolute atomic E-state index is 9.28. The lowest BCUT2D eigenvalue weighted by atomic mass is 9.94. The van der Waals surface area contributed by atoms with Gasteiger partial charge in [-0.2, -0.15) is 0 Å². The van der Waals surface area contributed by atoms with Crippen LogP contribution in [0.5, 0.6) is 0 Å². The monoisotopic (exact) mass is 230 g/mol. The van der Waals surface area contributed by atoms with Crippen LogP contribution in [0.2, 0.25) is 0 Å². The molecule has 0 saturated carbocycles. The van der Waals surface area contributed by atoms with Crippen LogP contribution in [0.3, 0.4) is 0 Å². The predicted octanol–water partition coefficient (Wildman–Crippen LogP) is 3.63. The van der Waals surface area contributed by atoms with Crippen molar-refractivity contribution in [2.75, 3.05) is 0 Å². The minimum atomic E-state index is 0.407. The average Bonchev–Trinajstić information content (AvgIpc) is 2.46. The Labute approximate surface area is 106 Å². The Morgan fingerprint density at radius 1 is 0.611 bits per heavy atom. The van der Waals surface area contributed by atoms with Crippen molar-refractivity contribution in [3.8, 4) is 0 Å². The van der Waals surface area contributed by atoms with E-state index in [1.165, 1.54) is 0 Å². The quantitative estimate of drug-likeness (QED) is 0.571. The highest BCUT2D eigenvalue weighted by atomic mass is 14.3. The molecular formula is C16H10N2-2. The van der Waals surface area contributed by atoms with Crippen molar-refractivity contribution in [2.24, 2.45) is 0 Å². The third-order valence-electron chi connectivity index (χ3n) is 2.60. The van der Waals surface area contributed by atoms with Crippen LogP contribution in [0.1, 0.15) is 11.1 Å². The van der Waals surface area contributed by atoms with Crippen LogP contribution in [0.15, 0.2) is 60.7 Å². The van der Waals surface area contributed by atoms with Gasteiger partial charge in [0.05, 0.1) is 0 Å². The molecule has 0 bridgehead atoms. The Balaban J connectivity index is 2.53. The molecule has 86 valence electrons. The molecule has 0 N–H and O–H groups in total. The third kappa shape index (κ3) is 2.36. The fourth-order valence-electron chi connectivity index (χ4n) is 1.74. The second-order valence-electron chi connectivity index (χ2n) is 3.71. The summed E-state index contributed by atoms with van der Waals surface area (Å²) in [5.41, 5.74) is 2.34. The number of rotatable bonds is 3. The largest absolute Gasteiger partial charge is 0.763 e. The molecular weight excluding hydrogens is 220 g/mol. The van der Waals surface area contributed by atoms with E-state index in [2.05, 4.69) is 11.7 Å². The molecule has 0 aromatic heterocycles. The summed E-state index contributed by atoms with van der Waals surface area (Å²) in [4.78, 5) is 0. The van der Waals surface area contributed by atoms with Crippen LogP contribution in [-0.2, 0) is 0 Å². The highest BCUT2D eigenvalue weighted by molar-refractivity contribution is 6.24. The first-order chi connectivity index (χ1) is 8.86. The maximum Gasteiger partial charge on any atom is 0.0140 e. The zero-order valence-electron chi connectivity index (χ0n) is 9.67. The van der Waals surface area contributed by atoms with Gasteiger partial charge in [-0.05, 0) is 11.1 Å². The SMILES string of the molecule is [N-]=C=C(C(=C=[N-])c1ccccc1)c1ccccc1. The molecule has 2 aromatic rings. The van der Waals surface area contributed by atoms with Crippen LogP contribution in [0.25, 0.3) is 22.0 Å². The minimum absolute atomic E-state index is 0.407. The zero-order chi connectivity index (χ0) is 12.8. The van der Waals surface area contributed by atoms with Gasteiger partial charge in [-0.15, -0.1) is 0 Å². The molecule has 0 aliphatic heterocycles. The smallest absolute Gasteiger partial charge is 0.0140 e. The van der Waals surface area contributed by atoms with Gasteiger partial charge in [-0.25, -0.2) is 0 Å². The zero-order valence-corrected chi connectivity index (χ0v) is 9.67. The van der Waals surface area contributed by atoms with E-state index >= 15 is 0 Å². The highest BCUT2D eigenvalue weighted by Crippen LogP contribution is 2.26. The van der Waals surface area contributed by atoms with Crippen molar-refractivity contribution in [3.63, 3.8) is 0 Å². The standard InChI is InChI=1S/C16H10N2/c17-11-15(13-7-3-1-4-8-13)16(12-18)14-9-5-2-6-10-14/h1-10H/q-2. The lowest BCUT2D eigenvalue weighted by Crippen LogP contribution is -1.91. The molecule has 0 atom stereocenters. The van der Waals surface area contributed by atoms with E-state index in [0.29, 0.717) is 11.1 Å². The van der Waals surface area contributed by atoms with Gasteiger partial charge < -0.3 is 10.8 Å². The number of nitrogens with zero attached hydrogens (tertiary/aromatic N) is 2. The third-order valence-corrected chi connectivity index (χ3v) is 2.60. The lowest BCUT2D eigenvalue weighted by molar-refractivity contribution is 1.61. The van der Waals surface area contributed by atoms with E-state index in [1.807, 2.05) is 60.7 Å².